The van der Waals surface area contributed by atoms with Crippen LogP contribution in [0.25, 0.3) is 0 Å². The van der Waals surface area contributed by atoms with Crippen molar-refractivity contribution in [1.29, 1.82) is 0 Å². The zero-order chi connectivity index (χ0) is 12.3. The maximum absolute atomic E-state index is 10.8. The molecule has 7 heteroatoms. The highest BCUT2D eigenvalue weighted by Gasteiger charge is 2.13. The maximum Gasteiger partial charge on any atom is 0.372 e. The van der Waals surface area contributed by atoms with Crippen LogP contribution >= 0.6 is 0 Å². The van der Waals surface area contributed by atoms with E-state index in [1.807, 2.05) is 0 Å². The first-order chi connectivity index (χ1) is 8.16. The van der Waals surface area contributed by atoms with E-state index < -0.39 is 5.97 Å². The average molecular weight is 236 g/mol. The minimum absolute atomic E-state index is 0.0357. The van der Waals surface area contributed by atoms with Gasteiger partial charge in [0, 0.05) is 19.2 Å². The molecule has 0 saturated heterocycles. The van der Waals surface area contributed by atoms with Crippen molar-refractivity contribution in [2.45, 2.75) is 13.1 Å². The maximum atomic E-state index is 10.8. The van der Waals surface area contributed by atoms with Gasteiger partial charge in [0.25, 0.3) is 0 Å². The predicted molar refractivity (Wildman–Crippen MR) is 57.2 cm³/mol. The second-order valence-electron chi connectivity index (χ2n) is 3.52. The van der Waals surface area contributed by atoms with Crippen LogP contribution in [-0.2, 0) is 20.1 Å². The fourth-order valence-corrected chi connectivity index (χ4v) is 1.44. The highest BCUT2D eigenvalue weighted by atomic mass is 16.4. The molecule has 0 amide bonds. The summed E-state index contributed by atoms with van der Waals surface area (Å²) in [5, 5.41) is 16.0. The lowest BCUT2D eigenvalue weighted by Gasteiger charge is -2.00. The predicted octanol–water partition coefficient (Wildman–Crippen LogP) is 0.396. The minimum Gasteiger partial charge on any atom is -0.475 e. The molecular formula is C10H12N4O3. The lowest BCUT2D eigenvalue weighted by atomic mass is 10.2. The molecular weight excluding hydrogens is 224 g/mol. The summed E-state index contributed by atoms with van der Waals surface area (Å²) >= 11 is 0. The van der Waals surface area contributed by atoms with Crippen molar-refractivity contribution in [3.8, 4) is 0 Å². The Balaban J connectivity index is 1.90. The van der Waals surface area contributed by atoms with Gasteiger partial charge in [-0.15, -0.1) is 0 Å². The normalized spacial score (nSPS) is 10.6. The number of aromatic nitrogens is 3. The number of carbonyl (C=O) groups is 1. The molecule has 17 heavy (non-hydrogen) atoms. The molecule has 2 N–H and O–H groups in total. The van der Waals surface area contributed by atoms with E-state index in [2.05, 4.69) is 15.4 Å². The van der Waals surface area contributed by atoms with Gasteiger partial charge in [-0.3, -0.25) is 4.68 Å². The van der Waals surface area contributed by atoms with Crippen molar-refractivity contribution in [3.63, 3.8) is 0 Å². The molecule has 0 aliphatic heterocycles. The molecule has 0 aromatic carbocycles. The number of carboxylic acid groups (broad SMARTS) is 1. The number of furan rings is 1. The Morgan fingerprint density at radius 3 is 3.06 bits per heavy atom. The van der Waals surface area contributed by atoms with E-state index in [-0.39, 0.29) is 5.76 Å². The Hall–Kier alpha value is -2.15. The first-order valence-corrected chi connectivity index (χ1v) is 5.01. The van der Waals surface area contributed by atoms with Gasteiger partial charge in [-0.05, 0) is 6.07 Å². The summed E-state index contributed by atoms with van der Waals surface area (Å²) in [7, 11) is 1.79. The SMILES string of the molecule is Cn1cnc(CNCc2ccoc2C(=O)O)n1. The Bertz CT molecular complexity index is 517. The van der Waals surface area contributed by atoms with Crippen molar-refractivity contribution < 1.29 is 14.3 Å². The monoisotopic (exact) mass is 236 g/mol. The van der Waals surface area contributed by atoms with E-state index in [0.29, 0.717) is 24.5 Å². The number of aryl methyl sites for hydroxylation is 1. The first-order valence-electron chi connectivity index (χ1n) is 5.01. The van der Waals surface area contributed by atoms with Gasteiger partial charge < -0.3 is 14.8 Å². The molecule has 2 aromatic rings. The Morgan fingerprint density at radius 1 is 1.59 bits per heavy atom. The summed E-state index contributed by atoms with van der Waals surface area (Å²) in [6, 6.07) is 1.63. The zero-order valence-corrected chi connectivity index (χ0v) is 9.25. The molecule has 7 nitrogen and oxygen atoms in total. The zero-order valence-electron chi connectivity index (χ0n) is 9.25. The van der Waals surface area contributed by atoms with Gasteiger partial charge in [0.1, 0.15) is 6.33 Å². The Kier molecular flexibility index (Phi) is 3.20. The summed E-state index contributed by atoms with van der Waals surface area (Å²) in [4.78, 5) is 14.8. The van der Waals surface area contributed by atoms with Gasteiger partial charge in [0.2, 0.25) is 5.76 Å². The first kappa shape index (κ1) is 11.3. The van der Waals surface area contributed by atoms with Gasteiger partial charge in [-0.25, -0.2) is 9.78 Å². The molecule has 0 radical (unpaired) electrons. The van der Waals surface area contributed by atoms with Crippen LogP contribution < -0.4 is 5.32 Å². The van der Waals surface area contributed by atoms with Crippen LogP contribution in [0, 0.1) is 0 Å². The fourth-order valence-electron chi connectivity index (χ4n) is 1.44. The highest BCUT2D eigenvalue weighted by molar-refractivity contribution is 5.86. The van der Waals surface area contributed by atoms with Crippen LogP contribution in [0.15, 0.2) is 23.1 Å². The van der Waals surface area contributed by atoms with Crippen molar-refractivity contribution in [1.82, 2.24) is 20.1 Å². The highest BCUT2D eigenvalue weighted by Crippen LogP contribution is 2.10. The number of aromatic carboxylic acids is 1. The topological polar surface area (TPSA) is 93.2 Å². The molecule has 0 aliphatic carbocycles. The molecule has 0 spiro atoms. The van der Waals surface area contributed by atoms with E-state index in [0.717, 1.165) is 0 Å². The van der Waals surface area contributed by atoms with Gasteiger partial charge in [-0.1, -0.05) is 0 Å². The average Bonchev–Trinajstić information content (AvgIpc) is 2.87. The summed E-state index contributed by atoms with van der Waals surface area (Å²) in [5.74, 6) is -0.442. The van der Waals surface area contributed by atoms with Crippen LogP contribution in [0.5, 0.6) is 0 Å². The standard InChI is InChI=1S/C10H12N4O3/c1-14-6-12-8(13-14)5-11-4-7-2-3-17-9(7)10(15)16/h2-3,6,11H,4-5H2,1H3,(H,15,16). The third-order valence-electron chi connectivity index (χ3n) is 2.19. The Morgan fingerprint density at radius 2 is 2.41 bits per heavy atom. The van der Waals surface area contributed by atoms with Crippen LogP contribution in [0.1, 0.15) is 21.9 Å². The molecule has 0 unspecified atom stereocenters. The van der Waals surface area contributed by atoms with E-state index >= 15 is 0 Å². The lowest BCUT2D eigenvalue weighted by Crippen LogP contribution is -2.15. The van der Waals surface area contributed by atoms with Crippen LogP contribution in [0.2, 0.25) is 0 Å². The molecule has 0 bridgehead atoms. The molecule has 90 valence electrons. The Labute approximate surface area is 97.1 Å². The van der Waals surface area contributed by atoms with Gasteiger partial charge in [-0.2, -0.15) is 5.10 Å². The second-order valence-corrected chi connectivity index (χ2v) is 3.52. The second kappa shape index (κ2) is 4.79. The molecule has 0 saturated carbocycles. The number of hydrogen-bond donors (Lipinski definition) is 2. The molecule has 2 aromatic heterocycles. The number of hydrogen-bond acceptors (Lipinski definition) is 5. The van der Waals surface area contributed by atoms with Gasteiger partial charge >= 0.3 is 5.97 Å². The van der Waals surface area contributed by atoms with Crippen molar-refractivity contribution >= 4 is 5.97 Å². The molecule has 2 heterocycles. The van der Waals surface area contributed by atoms with E-state index in [1.54, 1.807) is 24.1 Å². The fraction of sp³-hybridized carbons (Fsp3) is 0.300. The number of rotatable bonds is 5. The minimum atomic E-state index is -1.07. The van der Waals surface area contributed by atoms with Crippen LogP contribution in [-0.4, -0.2) is 25.8 Å². The van der Waals surface area contributed by atoms with E-state index in [9.17, 15) is 4.79 Å². The van der Waals surface area contributed by atoms with Gasteiger partial charge in [0.05, 0.1) is 12.8 Å². The van der Waals surface area contributed by atoms with E-state index in [4.69, 9.17) is 9.52 Å². The summed E-state index contributed by atoms with van der Waals surface area (Å²) in [6.45, 7) is 0.876. The van der Waals surface area contributed by atoms with E-state index in [1.165, 1.54) is 6.26 Å². The van der Waals surface area contributed by atoms with Crippen LogP contribution in [0.3, 0.4) is 0 Å². The lowest BCUT2D eigenvalue weighted by molar-refractivity contribution is 0.0660. The van der Waals surface area contributed by atoms with Crippen molar-refractivity contribution in [2.75, 3.05) is 0 Å². The van der Waals surface area contributed by atoms with Crippen LogP contribution in [0.4, 0.5) is 0 Å². The summed E-state index contributed by atoms with van der Waals surface area (Å²) in [5.41, 5.74) is 0.605. The molecule has 2 rings (SSSR count). The number of nitrogens with zero attached hydrogens (tertiary/aromatic N) is 3. The summed E-state index contributed by atoms with van der Waals surface area (Å²) in [6.07, 6.45) is 2.97. The molecule has 0 aliphatic rings. The largest absolute Gasteiger partial charge is 0.475 e. The molecule has 0 fully saturated rings. The van der Waals surface area contributed by atoms with Gasteiger partial charge in [0.15, 0.2) is 5.82 Å². The third kappa shape index (κ3) is 2.70. The smallest absolute Gasteiger partial charge is 0.372 e. The molecule has 0 atom stereocenters. The van der Waals surface area contributed by atoms with Crippen molar-refractivity contribution in [2.24, 2.45) is 7.05 Å². The quantitative estimate of drug-likeness (QED) is 0.780. The number of carboxylic acids is 1. The summed E-state index contributed by atoms with van der Waals surface area (Å²) < 4.78 is 6.47. The number of nitrogens with one attached hydrogen (secondary N) is 1. The third-order valence-corrected chi connectivity index (χ3v) is 2.19. The van der Waals surface area contributed by atoms with Crippen molar-refractivity contribution in [3.05, 3.63) is 35.8 Å².